The molecule has 0 spiro atoms. The Kier molecular flexibility index (Phi) is 6.66. The quantitative estimate of drug-likeness (QED) is 0.521. The van der Waals surface area contributed by atoms with Crippen molar-refractivity contribution in [1.82, 2.24) is 14.8 Å². The molecule has 33 heavy (non-hydrogen) atoms. The molecule has 0 saturated carbocycles. The lowest BCUT2D eigenvalue weighted by molar-refractivity contribution is 0.187. The van der Waals surface area contributed by atoms with Gasteiger partial charge in [0.2, 0.25) is 0 Å². The number of hydrogen-bond acceptors (Lipinski definition) is 7. The van der Waals surface area contributed by atoms with Gasteiger partial charge in [0.1, 0.15) is 11.5 Å². The van der Waals surface area contributed by atoms with Crippen LogP contribution in [0, 0.1) is 5.82 Å². The van der Waals surface area contributed by atoms with Crippen LogP contribution in [0.4, 0.5) is 14.3 Å². The van der Waals surface area contributed by atoms with E-state index < -0.39 is 11.9 Å². The summed E-state index contributed by atoms with van der Waals surface area (Å²) in [4.78, 5) is 21.2. The van der Waals surface area contributed by atoms with Crippen LogP contribution in [-0.4, -0.2) is 46.3 Å². The van der Waals surface area contributed by atoms with Crippen LogP contribution < -0.4 is 5.32 Å². The molecule has 0 atom stereocenters. The van der Waals surface area contributed by atoms with E-state index >= 15 is 0 Å². The third-order valence-corrected chi connectivity index (χ3v) is 6.31. The number of carbonyl (C=O) groups is 1. The second-order valence-electron chi connectivity index (χ2n) is 7.40. The molecule has 2 heterocycles. The summed E-state index contributed by atoms with van der Waals surface area (Å²) < 4.78 is 21.3. The molecule has 4 rings (SSSR count). The first-order chi connectivity index (χ1) is 16.0. The lowest BCUT2D eigenvalue weighted by Crippen LogP contribution is -2.10. The first-order valence-electron chi connectivity index (χ1n) is 10.5. The van der Waals surface area contributed by atoms with Crippen molar-refractivity contribution in [3.63, 3.8) is 0 Å². The summed E-state index contributed by atoms with van der Waals surface area (Å²) >= 11 is 1.29. The molecule has 172 valence electrons. The zero-order valence-electron chi connectivity index (χ0n) is 18.6. The highest BCUT2D eigenvalue weighted by Gasteiger charge is 2.31. The van der Waals surface area contributed by atoms with Crippen molar-refractivity contribution < 1.29 is 19.0 Å². The number of methoxy groups -OCH3 is 1. The Morgan fingerprint density at radius 2 is 2.24 bits per heavy atom. The highest BCUT2D eigenvalue weighted by atomic mass is 32.1. The van der Waals surface area contributed by atoms with Gasteiger partial charge in [-0.15, -0.1) is 0 Å². The fourth-order valence-corrected chi connectivity index (χ4v) is 4.91. The van der Waals surface area contributed by atoms with Gasteiger partial charge in [0, 0.05) is 24.4 Å². The number of fused-ring (bicyclic) bond motifs is 3. The molecule has 0 saturated heterocycles. The summed E-state index contributed by atoms with van der Waals surface area (Å²) in [7, 11) is 2.99. The molecular weight excluding hydrogens is 445 g/mol. The monoisotopic (exact) mass is 469 g/mol. The maximum absolute atomic E-state index is 15.0. The molecule has 0 fully saturated rings. The van der Waals surface area contributed by atoms with Crippen molar-refractivity contribution in [3.05, 3.63) is 52.6 Å². The highest BCUT2D eigenvalue weighted by molar-refractivity contribution is 7.19. The topological polar surface area (TPSA) is 102 Å². The number of aliphatic hydroxyl groups is 1. The lowest BCUT2D eigenvalue weighted by atomic mass is 9.95. The van der Waals surface area contributed by atoms with Gasteiger partial charge >= 0.3 is 6.09 Å². The van der Waals surface area contributed by atoms with E-state index in [0.717, 1.165) is 39.5 Å². The van der Waals surface area contributed by atoms with Gasteiger partial charge < -0.3 is 9.84 Å². The number of benzene rings is 1. The van der Waals surface area contributed by atoms with Gasteiger partial charge in [-0.3, -0.25) is 10.3 Å². The number of allylic oxidation sites excluding steroid dienone is 2. The number of aromatic nitrogens is 3. The molecule has 3 aromatic rings. The Hall–Kier alpha value is -3.37. The van der Waals surface area contributed by atoms with Crippen molar-refractivity contribution in [1.29, 1.82) is 0 Å². The van der Waals surface area contributed by atoms with Gasteiger partial charge in [-0.2, -0.15) is 5.10 Å². The molecule has 1 aromatic carbocycles. The first-order valence-corrected chi connectivity index (χ1v) is 11.3. The Labute approximate surface area is 194 Å². The average Bonchev–Trinajstić information content (AvgIpc) is 3.40. The third kappa shape index (κ3) is 4.31. The second-order valence-corrected chi connectivity index (χ2v) is 8.40. The van der Waals surface area contributed by atoms with E-state index in [9.17, 15) is 14.3 Å². The number of nitrogens with zero attached hydrogens (tertiary/aromatic N) is 4. The first kappa shape index (κ1) is 22.8. The average molecular weight is 470 g/mol. The van der Waals surface area contributed by atoms with E-state index in [4.69, 9.17) is 5.10 Å². The molecule has 8 nitrogen and oxygen atoms in total. The summed E-state index contributed by atoms with van der Waals surface area (Å²) in [5.74, 6) is -0.459. The van der Waals surface area contributed by atoms with Gasteiger partial charge in [-0.1, -0.05) is 30.4 Å². The highest BCUT2D eigenvalue weighted by Crippen LogP contribution is 2.43. The van der Waals surface area contributed by atoms with Gasteiger partial charge in [0.15, 0.2) is 5.13 Å². The molecule has 1 aliphatic rings. The molecule has 0 unspecified atom stereocenters. The van der Waals surface area contributed by atoms with E-state index in [0.29, 0.717) is 23.5 Å². The van der Waals surface area contributed by atoms with Crippen molar-refractivity contribution in [2.45, 2.75) is 32.8 Å². The molecular formula is C23H24FN5O3S. The molecule has 10 heteroatoms. The summed E-state index contributed by atoms with van der Waals surface area (Å²) in [5.41, 5.74) is 4.88. The van der Waals surface area contributed by atoms with Gasteiger partial charge in [-0.25, -0.2) is 18.9 Å². The Balaban J connectivity index is 1.97. The predicted octanol–water partition coefficient (Wildman–Crippen LogP) is 4.40. The van der Waals surface area contributed by atoms with Crippen LogP contribution >= 0.6 is 11.3 Å². The van der Waals surface area contributed by atoms with Crippen molar-refractivity contribution in [2.24, 2.45) is 4.99 Å². The number of nitrogens with one attached hydrogen (secondary N) is 1. The van der Waals surface area contributed by atoms with Crippen LogP contribution in [0.25, 0.3) is 21.8 Å². The third-order valence-electron chi connectivity index (χ3n) is 5.29. The number of aryl methyl sites for hydroxylation is 1. The SMILES string of the molecule is CC/C=C(\C=NC)c1nn(-c2cc(CO)ccc2F)c2c1CCc1nc(NC(=O)OC)sc1-2. The maximum atomic E-state index is 15.0. The summed E-state index contributed by atoms with van der Waals surface area (Å²) in [6.45, 7) is 1.81. The number of hydrogen-bond donors (Lipinski definition) is 2. The van der Waals surface area contributed by atoms with E-state index in [1.165, 1.54) is 24.5 Å². The van der Waals surface area contributed by atoms with Crippen molar-refractivity contribution >= 4 is 34.3 Å². The van der Waals surface area contributed by atoms with Crippen molar-refractivity contribution in [2.75, 3.05) is 19.5 Å². The Morgan fingerprint density at radius 3 is 2.94 bits per heavy atom. The Morgan fingerprint density at radius 1 is 1.42 bits per heavy atom. The van der Waals surface area contributed by atoms with Gasteiger partial charge in [0.05, 0.1) is 35.7 Å². The number of aliphatic hydroxyl groups excluding tert-OH is 1. The van der Waals surface area contributed by atoms with Crippen LogP contribution in [-0.2, 0) is 24.2 Å². The summed E-state index contributed by atoms with van der Waals surface area (Å²) in [5, 5.41) is 17.4. The number of carbonyl (C=O) groups excluding carboxylic acids is 1. The maximum Gasteiger partial charge on any atom is 0.413 e. The molecule has 0 bridgehead atoms. The van der Waals surface area contributed by atoms with Crippen LogP contribution in [0.1, 0.15) is 35.9 Å². The second kappa shape index (κ2) is 9.63. The number of ether oxygens (including phenoxy) is 1. The van der Waals surface area contributed by atoms with Crippen LogP contribution in [0.2, 0.25) is 0 Å². The Bertz CT molecular complexity index is 1260. The minimum atomic E-state index is -0.607. The molecule has 1 amide bonds. The fraction of sp³-hybridized carbons (Fsp3) is 0.304. The number of rotatable bonds is 6. The van der Waals surface area contributed by atoms with Gasteiger partial charge in [0.25, 0.3) is 0 Å². The number of halogens is 1. The van der Waals surface area contributed by atoms with Crippen molar-refractivity contribution in [3.8, 4) is 16.3 Å². The number of thiazole rings is 1. The zero-order valence-corrected chi connectivity index (χ0v) is 19.4. The number of aliphatic imine (C=N–C) groups is 1. The number of amides is 1. The minimum absolute atomic E-state index is 0.216. The lowest BCUT2D eigenvalue weighted by Gasteiger charge is -2.15. The van der Waals surface area contributed by atoms with E-state index in [1.54, 1.807) is 30.1 Å². The van der Waals surface area contributed by atoms with E-state index in [-0.39, 0.29) is 12.3 Å². The molecule has 0 aliphatic heterocycles. The van der Waals surface area contributed by atoms with E-state index in [1.807, 2.05) is 13.0 Å². The summed E-state index contributed by atoms with van der Waals surface area (Å²) in [6.07, 6.45) is 5.28. The van der Waals surface area contributed by atoms with Crippen LogP contribution in [0.15, 0.2) is 29.3 Å². The molecule has 2 N–H and O–H groups in total. The smallest absolute Gasteiger partial charge is 0.413 e. The van der Waals surface area contributed by atoms with Crippen LogP contribution in [0.3, 0.4) is 0 Å². The minimum Gasteiger partial charge on any atom is -0.453 e. The normalized spacial score (nSPS) is 13.2. The molecule has 0 radical (unpaired) electrons. The summed E-state index contributed by atoms with van der Waals surface area (Å²) in [6, 6.07) is 4.45. The largest absolute Gasteiger partial charge is 0.453 e. The van der Waals surface area contributed by atoms with Gasteiger partial charge in [-0.05, 0) is 37.0 Å². The fourth-order valence-electron chi connectivity index (χ4n) is 3.86. The zero-order chi connectivity index (χ0) is 23.5. The number of anilines is 1. The standard InChI is InChI=1S/C23H24FN5O3S/c1-4-5-14(11-25-2)19-15-7-9-17-21(33-22(26-17)27-23(31)32-3)20(15)29(28-19)18-10-13(12-30)6-8-16(18)24/h5-6,8,10-11,30H,4,7,9,12H2,1-3H3,(H,26,27,31)/b14-5+,25-11?. The van der Waals surface area contributed by atoms with Crippen LogP contribution in [0.5, 0.6) is 0 Å². The molecule has 2 aromatic heterocycles. The molecule has 1 aliphatic carbocycles. The van der Waals surface area contributed by atoms with E-state index in [2.05, 4.69) is 20.0 Å². The predicted molar refractivity (Wildman–Crippen MR) is 127 cm³/mol.